The van der Waals surface area contributed by atoms with Crippen LogP contribution in [0.2, 0.25) is 0 Å². The summed E-state index contributed by atoms with van der Waals surface area (Å²) >= 11 is 0. The molecular weight excluding hydrogens is 257 g/mol. The molecular formula is C16H22FNO2. The maximum Gasteiger partial charge on any atom is 0.223 e. The predicted octanol–water partition coefficient (Wildman–Crippen LogP) is 2.76. The monoisotopic (exact) mass is 279 g/mol. The number of rotatable bonds is 4. The highest BCUT2D eigenvalue weighted by Crippen LogP contribution is 2.28. The molecule has 1 fully saturated rings. The first-order valence-corrected chi connectivity index (χ1v) is 7.26. The molecule has 2 N–H and O–H groups in total. The van der Waals surface area contributed by atoms with Crippen molar-refractivity contribution in [2.24, 2.45) is 11.8 Å². The second-order valence-corrected chi connectivity index (χ2v) is 5.77. The van der Waals surface area contributed by atoms with Crippen LogP contribution in [-0.2, 0) is 17.9 Å². The Bertz CT molecular complexity index is 476. The minimum absolute atomic E-state index is 0.0893. The van der Waals surface area contributed by atoms with Crippen molar-refractivity contribution in [2.45, 2.75) is 45.8 Å². The van der Waals surface area contributed by atoms with E-state index in [2.05, 4.69) is 12.2 Å². The first-order valence-electron chi connectivity index (χ1n) is 7.26. The lowest BCUT2D eigenvalue weighted by Gasteiger charge is -2.25. The van der Waals surface area contributed by atoms with Crippen LogP contribution in [-0.4, -0.2) is 11.0 Å². The molecule has 1 aliphatic rings. The van der Waals surface area contributed by atoms with E-state index in [1.165, 1.54) is 12.5 Å². The van der Waals surface area contributed by atoms with Crippen molar-refractivity contribution in [2.75, 3.05) is 0 Å². The molecule has 0 radical (unpaired) electrons. The van der Waals surface area contributed by atoms with Gasteiger partial charge in [-0.05, 0) is 36.5 Å². The lowest BCUT2D eigenvalue weighted by molar-refractivity contribution is -0.126. The van der Waals surface area contributed by atoms with Crippen molar-refractivity contribution in [3.63, 3.8) is 0 Å². The zero-order valence-corrected chi connectivity index (χ0v) is 11.9. The quantitative estimate of drug-likeness (QED) is 0.890. The van der Waals surface area contributed by atoms with Gasteiger partial charge in [0.1, 0.15) is 5.82 Å². The van der Waals surface area contributed by atoms with Crippen molar-refractivity contribution in [3.05, 3.63) is 35.1 Å². The molecule has 1 amide bonds. The van der Waals surface area contributed by atoms with Crippen LogP contribution in [0.1, 0.15) is 43.7 Å². The van der Waals surface area contributed by atoms with Crippen LogP contribution in [0.15, 0.2) is 18.2 Å². The fourth-order valence-corrected chi connectivity index (χ4v) is 2.86. The van der Waals surface area contributed by atoms with Gasteiger partial charge in [0.25, 0.3) is 0 Å². The Kier molecular flexibility index (Phi) is 5.12. The SMILES string of the molecule is CC1CCCC(C(=O)NCc2ccc(F)c(CO)c2)C1. The highest BCUT2D eigenvalue weighted by molar-refractivity contribution is 5.78. The maximum absolute atomic E-state index is 13.3. The molecule has 4 heteroatoms. The topological polar surface area (TPSA) is 49.3 Å². The van der Waals surface area contributed by atoms with Crippen molar-refractivity contribution < 1.29 is 14.3 Å². The van der Waals surface area contributed by atoms with Crippen LogP contribution in [0, 0.1) is 17.7 Å². The second kappa shape index (κ2) is 6.84. The van der Waals surface area contributed by atoms with E-state index in [9.17, 15) is 9.18 Å². The fraction of sp³-hybridized carbons (Fsp3) is 0.562. The number of amides is 1. The number of hydrogen-bond donors (Lipinski definition) is 2. The summed E-state index contributed by atoms with van der Waals surface area (Å²) in [5, 5.41) is 11.9. The first kappa shape index (κ1) is 15.0. The van der Waals surface area contributed by atoms with E-state index in [1.807, 2.05) is 0 Å². The van der Waals surface area contributed by atoms with E-state index in [4.69, 9.17) is 5.11 Å². The third kappa shape index (κ3) is 3.79. The van der Waals surface area contributed by atoms with Gasteiger partial charge in [-0.2, -0.15) is 0 Å². The summed E-state index contributed by atoms with van der Waals surface area (Å²) < 4.78 is 13.3. The summed E-state index contributed by atoms with van der Waals surface area (Å²) in [6.07, 6.45) is 4.24. The van der Waals surface area contributed by atoms with Gasteiger partial charge >= 0.3 is 0 Å². The number of carbonyl (C=O) groups excluding carboxylic acids is 1. The molecule has 1 saturated carbocycles. The summed E-state index contributed by atoms with van der Waals surface area (Å²) in [5.74, 6) is 0.401. The molecule has 1 aliphatic carbocycles. The Morgan fingerprint density at radius 2 is 2.25 bits per heavy atom. The van der Waals surface area contributed by atoms with Crippen LogP contribution in [0.5, 0.6) is 0 Å². The lowest BCUT2D eigenvalue weighted by Crippen LogP contribution is -2.33. The van der Waals surface area contributed by atoms with Gasteiger partial charge in [-0.25, -0.2) is 4.39 Å². The minimum Gasteiger partial charge on any atom is -0.392 e. The minimum atomic E-state index is -0.413. The molecule has 0 aromatic heterocycles. The molecule has 2 atom stereocenters. The molecule has 2 unspecified atom stereocenters. The number of aliphatic hydroxyl groups excluding tert-OH is 1. The Morgan fingerprint density at radius 3 is 2.95 bits per heavy atom. The molecule has 0 bridgehead atoms. The van der Waals surface area contributed by atoms with Crippen LogP contribution in [0.4, 0.5) is 4.39 Å². The average molecular weight is 279 g/mol. The van der Waals surface area contributed by atoms with Gasteiger partial charge in [-0.3, -0.25) is 4.79 Å². The zero-order valence-electron chi connectivity index (χ0n) is 11.9. The van der Waals surface area contributed by atoms with Gasteiger partial charge in [-0.15, -0.1) is 0 Å². The van der Waals surface area contributed by atoms with Crippen molar-refractivity contribution in [3.8, 4) is 0 Å². The summed E-state index contributed by atoms with van der Waals surface area (Å²) in [6, 6.07) is 4.56. The number of halogens is 1. The molecule has 2 rings (SSSR count). The maximum atomic E-state index is 13.3. The number of aliphatic hydroxyl groups is 1. The van der Waals surface area contributed by atoms with Crippen LogP contribution in [0.3, 0.4) is 0 Å². The summed E-state index contributed by atoms with van der Waals surface area (Å²) in [4.78, 5) is 12.1. The van der Waals surface area contributed by atoms with E-state index >= 15 is 0 Å². The lowest BCUT2D eigenvalue weighted by atomic mass is 9.82. The normalized spacial score (nSPS) is 22.6. The van der Waals surface area contributed by atoms with Gasteiger partial charge in [0.15, 0.2) is 0 Å². The van der Waals surface area contributed by atoms with E-state index in [0.717, 1.165) is 24.8 Å². The molecule has 0 aliphatic heterocycles. The number of nitrogens with one attached hydrogen (secondary N) is 1. The molecule has 110 valence electrons. The Balaban J connectivity index is 1.89. The van der Waals surface area contributed by atoms with E-state index < -0.39 is 5.82 Å². The number of hydrogen-bond acceptors (Lipinski definition) is 2. The van der Waals surface area contributed by atoms with Gasteiger partial charge in [0.2, 0.25) is 5.91 Å². The summed E-state index contributed by atoms with van der Waals surface area (Å²) in [5.41, 5.74) is 1.08. The van der Waals surface area contributed by atoms with Crippen molar-refractivity contribution >= 4 is 5.91 Å². The second-order valence-electron chi connectivity index (χ2n) is 5.77. The molecule has 20 heavy (non-hydrogen) atoms. The van der Waals surface area contributed by atoms with Gasteiger partial charge in [0, 0.05) is 18.0 Å². The molecule has 0 heterocycles. The highest BCUT2D eigenvalue weighted by atomic mass is 19.1. The molecule has 3 nitrogen and oxygen atoms in total. The number of benzene rings is 1. The predicted molar refractivity (Wildman–Crippen MR) is 75.3 cm³/mol. The molecule has 1 aromatic carbocycles. The van der Waals surface area contributed by atoms with Gasteiger partial charge < -0.3 is 10.4 Å². The van der Waals surface area contributed by atoms with Gasteiger partial charge in [0.05, 0.1) is 6.61 Å². The van der Waals surface area contributed by atoms with Crippen molar-refractivity contribution in [1.29, 1.82) is 0 Å². The fourth-order valence-electron chi connectivity index (χ4n) is 2.86. The third-order valence-electron chi connectivity index (χ3n) is 4.05. The number of carbonyl (C=O) groups is 1. The van der Waals surface area contributed by atoms with E-state index in [1.54, 1.807) is 12.1 Å². The molecule has 1 aromatic rings. The summed E-state index contributed by atoms with van der Waals surface area (Å²) in [7, 11) is 0. The van der Waals surface area contributed by atoms with E-state index in [-0.39, 0.29) is 24.0 Å². The third-order valence-corrected chi connectivity index (χ3v) is 4.05. The molecule has 0 saturated heterocycles. The smallest absolute Gasteiger partial charge is 0.223 e. The van der Waals surface area contributed by atoms with Crippen LogP contribution < -0.4 is 5.32 Å². The Labute approximate surface area is 119 Å². The van der Waals surface area contributed by atoms with Crippen molar-refractivity contribution in [1.82, 2.24) is 5.32 Å². The highest BCUT2D eigenvalue weighted by Gasteiger charge is 2.24. The first-order chi connectivity index (χ1) is 9.60. The van der Waals surface area contributed by atoms with Crippen LogP contribution >= 0.6 is 0 Å². The van der Waals surface area contributed by atoms with Gasteiger partial charge in [-0.1, -0.05) is 25.8 Å². The zero-order chi connectivity index (χ0) is 14.5. The van der Waals surface area contributed by atoms with Crippen LogP contribution in [0.25, 0.3) is 0 Å². The largest absolute Gasteiger partial charge is 0.392 e. The molecule has 0 spiro atoms. The van der Waals surface area contributed by atoms with E-state index in [0.29, 0.717) is 12.5 Å². The average Bonchev–Trinajstić information content (AvgIpc) is 2.46. The Morgan fingerprint density at radius 1 is 1.45 bits per heavy atom. The standard InChI is InChI=1S/C16H22FNO2/c1-11-3-2-4-13(7-11)16(20)18-9-12-5-6-15(17)14(8-12)10-19/h5-6,8,11,13,19H,2-4,7,9-10H2,1H3,(H,18,20). The Hall–Kier alpha value is -1.42. The summed E-state index contributed by atoms with van der Waals surface area (Å²) in [6.45, 7) is 2.25.